The van der Waals surface area contributed by atoms with Crippen LogP contribution in [0.1, 0.15) is 31.2 Å². The smallest absolute Gasteiger partial charge is 0.303 e. The number of amides is 1. The molecule has 0 aliphatic rings. The lowest BCUT2D eigenvalue weighted by Gasteiger charge is -2.11. The summed E-state index contributed by atoms with van der Waals surface area (Å²) in [5.74, 6) is -0.290. The van der Waals surface area contributed by atoms with Gasteiger partial charge in [-0.05, 0) is 25.0 Å². The quantitative estimate of drug-likeness (QED) is 0.635. The molecule has 124 valence electrons. The highest BCUT2D eigenvalue weighted by Crippen LogP contribution is 2.27. The number of ether oxygens (including phenoxy) is 2. The SMILES string of the molecule is COc1cc(C#N)ccc1OCC(=O)NCCCCCC(=O)O. The second-order valence-electron chi connectivity index (χ2n) is 4.82. The second kappa shape index (κ2) is 10.1. The van der Waals surface area contributed by atoms with Crippen LogP contribution >= 0.6 is 0 Å². The van der Waals surface area contributed by atoms with Gasteiger partial charge in [0.1, 0.15) is 0 Å². The zero-order chi connectivity index (χ0) is 17.1. The van der Waals surface area contributed by atoms with Crippen molar-refractivity contribution < 1.29 is 24.2 Å². The van der Waals surface area contributed by atoms with E-state index < -0.39 is 5.97 Å². The van der Waals surface area contributed by atoms with Crippen LogP contribution in [0.3, 0.4) is 0 Å². The van der Waals surface area contributed by atoms with Crippen molar-refractivity contribution in [3.05, 3.63) is 23.8 Å². The van der Waals surface area contributed by atoms with Crippen LogP contribution < -0.4 is 14.8 Å². The van der Waals surface area contributed by atoms with Gasteiger partial charge in [-0.1, -0.05) is 6.42 Å². The molecule has 0 saturated carbocycles. The second-order valence-corrected chi connectivity index (χ2v) is 4.82. The Morgan fingerprint density at radius 2 is 2.04 bits per heavy atom. The average Bonchev–Trinajstić information content (AvgIpc) is 2.55. The predicted octanol–water partition coefficient (Wildman–Crippen LogP) is 1.71. The number of aliphatic carboxylic acids is 1. The number of carboxylic acids is 1. The van der Waals surface area contributed by atoms with Gasteiger partial charge in [-0.3, -0.25) is 9.59 Å². The molecule has 0 unspecified atom stereocenters. The maximum absolute atomic E-state index is 11.7. The topological polar surface area (TPSA) is 109 Å². The van der Waals surface area contributed by atoms with Gasteiger partial charge in [0.25, 0.3) is 5.91 Å². The number of benzene rings is 1. The molecule has 0 radical (unpaired) electrons. The van der Waals surface area contributed by atoms with Crippen molar-refractivity contribution >= 4 is 11.9 Å². The summed E-state index contributed by atoms with van der Waals surface area (Å²) in [6.07, 6.45) is 2.22. The predicted molar refractivity (Wildman–Crippen MR) is 82.3 cm³/mol. The highest BCUT2D eigenvalue weighted by Gasteiger charge is 2.08. The van der Waals surface area contributed by atoms with Crippen molar-refractivity contribution in [3.8, 4) is 17.6 Å². The molecule has 0 aromatic heterocycles. The average molecular weight is 320 g/mol. The van der Waals surface area contributed by atoms with Gasteiger partial charge >= 0.3 is 5.97 Å². The first kappa shape index (κ1) is 18.3. The number of rotatable bonds is 10. The van der Waals surface area contributed by atoms with E-state index in [1.165, 1.54) is 13.2 Å². The van der Waals surface area contributed by atoms with Crippen LogP contribution in [0.15, 0.2) is 18.2 Å². The molecule has 1 amide bonds. The van der Waals surface area contributed by atoms with Gasteiger partial charge in [0, 0.05) is 19.0 Å². The van der Waals surface area contributed by atoms with E-state index in [0.717, 1.165) is 12.8 Å². The van der Waals surface area contributed by atoms with Crippen LogP contribution in [0.5, 0.6) is 11.5 Å². The Kier molecular flexibility index (Phi) is 8.00. The first-order valence-electron chi connectivity index (χ1n) is 7.26. The lowest BCUT2D eigenvalue weighted by Crippen LogP contribution is -2.29. The summed E-state index contributed by atoms with van der Waals surface area (Å²) >= 11 is 0. The van der Waals surface area contributed by atoms with Gasteiger partial charge in [0.2, 0.25) is 0 Å². The van der Waals surface area contributed by atoms with E-state index in [-0.39, 0.29) is 18.9 Å². The van der Waals surface area contributed by atoms with Crippen LogP contribution in [-0.4, -0.2) is 37.2 Å². The van der Waals surface area contributed by atoms with Crippen LogP contribution in [-0.2, 0) is 9.59 Å². The van der Waals surface area contributed by atoms with Crippen molar-refractivity contribution in [2.45, 2.75) is 25.7 Å². The van der Waals surface area contributed by atoms with E-state index in [9.17, 15) is 9.59 Å². The fraction of sp³-hybridized carbons (Fsp3) is 0.438. The molecule has 0 bridgehead atoms. The minimum Gasteiger partial charge on any atom is -0.493 e. The molecule has 0 heterocycles. The first-order chi connectivity index (χ1) is 11.1. The van der Waals surface area contributed by atoms with Crippen molar-refractivity contribution in [2.75, 3.05) is 20.3 Å². The molecule has 23 heavy (non-hydrogen) atoms. The Morgan fingerprint density at radius 1 is 1.26 bits per heavy atom. The number of nitrogens with one attached hydrogen (secondary N) is 1. The Labute approximate surface area is 134 Å². The fourth-order valence-corrected chi connectivity index (χ4v) is 1.86. The van der Waals surface area contributed by atoms with Gasteiger partial charge in [0.05, 0.1) is 18.7 Å². The van der Waals surface area contributed by atoms with Crippen molar-refractivity contribution in [2.24, 2.45) is 0 Å². The maximum atomic E-state index is 11.7. The summed E-state index contributed by atoms with van der Waals surface area (Å²) in [6.45, 7) is 0.323. The van der Waals surface area contributed by atoms with Crippen molar-refractivity contribution in [3.63, 3.8) is 0 Å². The Hall–Kier alpha value is -2.75. The molecule has 0 spiro atoms. The molecule has 0 atom stereocenters. The van der Waals surface area contributed by atoms with Gasteiger partial charge in [-0.25, -0.2) is 0 Å². The number of unbranched alkanes of at least 4 members (excludes halogenated alkanes) is 2. The monoisotopic (exact) mass is 320 g/mol. The molecule has 0 aliphatic heterocycles. The van der Waals surface area contributed by atoms with Crippen LogP contribution in [0.25, 0.3) is 0 Å². The van der Waals surface area contributed by atoms with E-state index >= 15 is 0 Å². The molecule has 7 nitrogen and oxygen atoms in total. The molecule has 1 aromatic rings. The maximum Gasteiger partial charge on any atom is 0.303 e. The number of nitrogens with zero attached hydrogens (tertiary/aromatic N) is 1. The third kappa shape index (κ3) is 7.18. The molecule has 1 aromatic carbocycles. The molecule has 0 fully saturated rings. The molecule has 7 heteroatoms. The Morgan fingerprint density at radius 3 is 2.70 bits per heavy atom. The summed E-state index contributed by atoms with van der Waals surface area (Å²) in [6, 6.07) is 6.69. The number of hydrogen-bond acceptors (Lipinski definition) is 5. The van der Waals surface area contributed by atoms with E-state index in [1.54, 1.807) is 12.1 Å². The molecule has 2 N–H and O–H groups in total. The number of nitriles is 1. The number of methoxy groups -OCH3 is 1. The Balaban J connectivity index is 2.28. The van der Waals surface area contributed by atoms with E-state index in [2.05, 4.69) is 5.32 Å². The minimum atomic E-state index is -0.807. The van der Waals surface area contributed by atoms with E-state index in [1.807, 2.05) is 6.07 Å². The summed E-state index contributed by atoms with van der Waals surface area (Å²) in [5.41, 5.74) is 0.444. The van der Waals surface area contributed by atoms with E-state index in [4.69, 9.17) is 19.8 Å². The molecule has 1 rings (SSSR count). The van der Waals surface area contributed by atoms with Gasteiger partial charge in [-0.2, -0.15) is 5.26 Å². The van der Waals surface area contributed by atoms with Crippen LogP contribution in [0.4, 0.5) is 0 Å². The summed E-state index contributed by atoms with van der Waals surface area (Å²) < 4.78 is 10.5. The van der Waals surface area contributed by atoms with Crippen LogP contribution in [0.2, 0.25) is 0 Å². The van der Waals surface area contributed by atoms with Crippen molar-refractivity contribution in [1.29, 1.82) is 5.26 Å². The van der Waals surface area contributed by atoms with Crippen molar-refractivity contribution in [1.82, 2.24) is 5.32 Å². The molecule has 0 saturated heterocycles. The normalized spacial score (nSPS) is 9.74. The summed E-state index contributed by atoms with van der Waals surface area (Å²) in [5, 5.41) is 20.0. The lowest BCUT2D eigenvalue weighted by molar-refractivity contribution is -0.137. The minimum absolute atomic E-state index is 0.148. The van der Waals surface area contributed by atoms with Crippen LogP contribution in [0, 0.1) is 11.3 Å². The number of carbonyl (C=O) groups is 2. The highest BCUT2D eigenvalue weighted by atomic mass is 16.5. The van der Waals surface area contributed by atoms with Gasteiger partial charge < -0.3 is 19.9 Å². The summed E-state index contributed by atoms with van der Waals surface area (Å²) in [7, 11) is 1.46. The summed E-state index contributed by atoms with van der Waals surface area (Å²) in [4.78, 5) is 22.0. The lowest BCUT2D eigenvalue weighted by atomic mass is 10.2. The zero-order valence-electron chi connectivity index (χ0n) is 13.0. The molecule has 0 aliphatic carbocycles. The third-order valence-corrected chi connectivity index (χ3v) is 3.04. The Bertz CT molecular complexity index is 580. The number of hydrogen-bond donors (Lipinski definition) is 2. The fourth-order valence-electron chi connectivity index (χ4n) is 1.86. The standard InChI is InChI=1S/C16H20N2O5/c1-22-14-9-12(10-17)6-7-13(14)23-11-15(19)18-8-4-2-3-5-16(20)21/h6-7,9H,2-5,8,11H2,1H3,(H,18,19)(H,20,21). The third-order valence-electron chi connectivity index (χ3n) is 3.04. The van der Waals surface area contributed by atoms with Gasteiger partial charge in [-0.15, -0.1) is 0 Å². The van der Waals surface area contributed by atoms with E-state index in [0.29, 0.717) is 30.0 Å². The number of carboxylic acid groups (broad SMARTS) is 1. The first-order valence-corrected chi connectivity index (χ1v) is 7.26. The molecular formula is C16H20N2O5. The zero-order valence-corrected chi connectivity index (χ0v) is 13.0. The largest absolute Gasteiger partial charge is 0.493 e. The number of carbonyl (C=O) groups excluding carboxylic acids is 1. The highest BCUT2D eigenvalue weighted by molar-refractivity contribution is 5.77. The van der Waals surface area contributed by atoms with Gasteiger partial charge in [0.15, 0.2) is 18.1 Å². The molecular weight excluding hydrogens is 300 g/mol.